The number of benzene rings is 2. The predicted molar refractivity (Wildman–Crippen MR) is 99.7 cm³/mol. The minimum absolute atomic E-state index is 0.0355. The Balaban J connectivity index is 1.47. The number of hydrogen-bond donors (Lipinski definition) is 1. The van der Waals surface area contributed by atoms with Crippen LogP contribution >= 0.6 is 11.6 Å². The van der Waals surface area contributed by atoms with Crippen LogP contribution in [0.25, 0.3) is 0 Å². The van der Waals surface area contributed by atoms with Gasteiger partial charge in [0.05, 0.1) is 5.92 Å². The first-order chi connectivity index (χ1) is 12.1. The second-order valence-corrected chi connectivity index (χ2v) is 6.70. The third kappa shape index (κ3) is 4.60. The van der Waals surface area contributed by atoms with Gasteiger partial charge in [-0.3, -0.25) is 9.59 Å². The second-order valence-electron chi connectivity index (χ2n) is 6.27. The van der Waals surface area contributed by atoms with E-state index in [0.29, 0.717) is 18.1 Å². The number of nitrogens with zero attached hydrogens (tertiary/aromatic N) is 1. The fourth-order valence-corrected chi connectivity index (χ4v) is 3.25. The molecule has 0 unspecified atom stereocenters. The summed E-state index contributed by atoms with van der Waals surface area (Å²) in [4.78, 5) is 26.2. The molecular formula is C20H21ClN2O2. The number of carbonyl (C=O) groups is 2. The molecule has 0 aromatic heterocycles. The zero-order chi connectivity index (χ0) is 17.6. The molecule has 130 valence electrons. The molecule has 1 atom stereocenters. The van der Waals surface area contributed by atoms with Crippen LogP contribution in [-0.2, 0) is 16.0 Å². The Bertz CT molecular complexity index is 748. The Kier molecular flexibility index (Phi) is 5.71. The third-order valence-electron chi connectivity index (χ3n) is 4.40. The Morgan fingerprint density at radius 2 is 1.96 bits per heavy atom. The van der Waals surface area contributed by atoms with E-state index in [4.69, 9.17) is 11.6 Å². The quantitative estimate of drug-likeness (QED) is 0.806. The van der Waals surface area contributed by atoms with Crippen LogP contribution in [0.15, 0.2) is 54.6 Å². The molecule has 0 bridgehead atoms. The molecule has 0 aliphatic carbocycles. The van der Waals surface area contributed by atoms with Crippen LogP contribution in [-0.4, -0.2) is 24.9 Å². The van der Waals surface area contributed by atoms with Gasteiger partial charge >= 0.3 is 0 Å². The molecule has 25 heavy (non-hydrogen) atoms. The largest absolute Gasteiger partial charge is 0.356 e. The smallest absolute Gasteiger partial charge is 0.227 e. The topological polar surface area (TPSA) is 49.4 Å². The Morgan fingerprint density at radius 3 is 2.72 bits per heavy atom. The number of rotatable bonds is 6. The van der Waals surface area contributed by atoms with E-state index in [1.165, 1.54) is 5.56 Å². The van der Waals surface area contributed by atoms with Gasteiger partial charge in [-0.2, -0.15) is 0 Å². The summed E-state index contributed by atoms with van der Waals surface area (Å²) in [6.07, 6.45) is 2.06. The van der Waals surface area contributed by atoms with Crippen LogP contribution in [0.4, 0.5) is 5.69 Å². The monoisotopic (exact) mass is 356 g/mol. The summed E-state index contributed by atoms with van der Waals surface area (Å²) in [6.45, 7) is 1.03. The highest BCUT2D eigenvalue weighted by atomic mass is 35.5. The highest BCUT2D eigenvalue weighted by molar-refractivity contribution is 6.30. The van der Waals surface area contributed by atoms with Crippen LogP contribution in [0.2, 0.25) is 5.02 Å². The lowest BCUT2D eigenvalue weighted by atomic mass is 10.1. The molecule has 2 aromatic carbocycles. The number of halogens is 1. The summed E-state index contributed by atoms with van der Waals surface area (Å²) >= 11 is 5.99. The number of carbonyl (C=O) groups excluding carboxylic acids is 2. The van der Waals surface area contributed by atoms with E-state index in [9.17, 15) is 9.59 Å². The van der Waals surface area contributed by atoms with E-state index in [1.807, 2.05) is 30.3 Å². The molecule has 0 saturated carbocycles. The maximum atomic E-state index is 12.3. The third-order valence-corrected chi connectivity index (χ3v) is 4.64. The standard InChI is InChI=1S/C20H21ClN2O2/c21-17-9-4-10-18(13-17)23-14-16(12-19(23)24)20(25)22-11-5-8-15-6-2-1-3-7-15/h1-4,6-7,9-10,13,16H,5,8,11-12,14H2,(H,22,25)/t16-/m1/s1. The Morgan fingerprint density at radius 1 is 1.16 bits per heavy atom. The predicted octanol–water partition coefficient (Wildman–Crippen LogP) is 3.44. The van der Waals surface area contributed by atoms with Crippen LogP contribution < -0.4 is 10.2 Å². The van der Waals surface area contributed by atoms with Crippen molar-refractivity contribution >= 4 is 29.1 Å². The summed E-state index contributed by atoms with van der Waals surface area (Å²) in [5.74, 6) is -0.388. The lowest BCUT2D eigenvalue weighted by molar-refractivity contribution is -0.126. The average Bonchev–Trinajstić information content (AvgIpc) is 3.01. The minimum Gasteiger partial charge on any atom is -0.356 e. The molecule has 3 rings (SSSR count). The summed E-state index contributed by atoms with van der Waals surface area (Å²) in [7, 11) is 0. The van der Waals surface area contributed by atoms with Crippen molar-refractivity contribution in [1.29, 1.82) is 0 Å². The van der Waals surface area contributed by atoms with Gasteiger partial charge in [-0.25, -0.2) is 0 Å². The van der Waals surface area contributed by atoms with Crippen molar-refractivity contribution in [2.75, 3.05) is 18.0 Å². The van der Waals surface area contributed by atoms with Gasteiger partial charge in [0.25, 0.3) is 0 Å². The van der Waals surface area contributed by atoms with E-state index >= 15 is 0 Å². The molecule has 1 aliphatic rings. The van der Waals surface area contributed by atoms with Crippen LogP contribution in [0.3, 0.4) is 0 Å². The van der Waals surface area contributed by atoms with Gasteiger partial charge in [0.2, 0.25) is 11.8 Å². The molecule has 2 amide bonds. The highest BCUT2D eigenvalue weighted by Crippen LogP contribution is 2.27. The number of nitrogens with one attached hydrogen (secondary N) is 1. The van der Waals surface area contributed by atoms with E-state index in [2.05, 4.69) is 17.4 Å². The molecule has 2 aromatic rings. The second kappa shape index (κ2) is 8.17. The highest BCUT2D eigenvalue weighted by Gasteiger charge is 2.34. The van der Waals surface area contributed by atoms with Gasteiger partial charge in [0.1, 0.15) is 0 Å². The SMILES string of the molecule is O=C(NCCCc1ccccc1)[C@@H]1CC(=O)N(c2cccc(Cl)c2)C1. The first kappa shape index (κ1) is 17.5. The number of hydrogen-bond acceptors (Lipinski definition) is 2. The summed E-state index contributed by atoms with van der Waals surface area (Å²) in [5, 5.41) is 3.54. The number of aryl methyl sites for hydroxylation is 1. The molecule has 0 radical (unpaired) electrons. The average molecular weight is 357 g/mol. The number of anilines is 1. The van der Waals surface area contributed by atoms with E-state index in [1.54, 1.807) is 17.0 Å². The Hall–Kier alpha value is -2.33. The van der Waals surface area contributed by atoms with Crippen molar-refractivity contribution in [3.05, 3.63) is 65.2 Å². The maximum absolute atomic E-state index is 12.3. The van der Waals surface area contributed by atoms with Crippen molar-refractivity contribution in [1.82, 2.24) is 5.32 Å². The van der Waals surface area contributed by atoms with Gasteiger partial charge in [-0.05, 0) is 36.6 Å². The summed E-state index contributed by atoms with van der Waals surface area (Å²) < 4.78 is 0. The van der Waals surface area contributed by atoms with Gasteiger partial charge in [-0.15, -0.1) is 0 Å². The van der Waals surface area contributed by atoms with Crippen molar-refractivity contribution in [3.63, 3.8) is 0 Å². The zero-order valence-corrected chi connectivity index (χ0v) is 14.7. The van der Waals surface area contributed by atoms with Gasteiger partial charge < -0.3 is 10.2 Å². The van der Waals surface area contributed by atoms with Crippen molar-refractivity contribution in [2.24, 2.45) is 5.92 Å². The van der Waals surface area contributed by atoms with Crippen molar-refractivity contribution in [2.45, 2.75) is 19.3 Å². The molecule has 1 saturated heterocycles. The Labute approximate surface area is 152 Å². The molecule has 4 nitrogen and oxygen atoms in total. The lowest BCUT2D eigenvalue weighted by Gasteiger charge is -2.17. The molecule has 1 heterocycles. The van der Waals surface area contributed by atoms with E-state index in [0.717, 1.165) is 18.5 Å². The maximum Gasteiger partial charge on any atom is 0.227 e. The van der Waals surface area contributed by atoms with Crippen LogP contribution in [0.1, 0.15) is 18.4 Å². The van der Waals surface area contributed by atoms with E-state index < -0.39 is 0 Å². The fourth-order valence-electron chi connectivity index (χ4n) is 3.07. The fraction of sp³-hybridized carbons (Fsp3) is 0.300. The van der Waals surface area contributed by atoms with Gasteiger partial charge in [0, 0.05) is 30.2 Å². The molecule has 1 aliphatic heterocycles. The van der Waals surface area contributed by atoms with Crippen molar-refractivity contribution in [3.8, 4) is 0 Å². The minimum atomic E-state index is -0.303. The van der Waals surface area contributed by atoms with Gasteiger partial charge in [-0.1, -0.05) is 48.0 Å². The lowest BCUT2D eigenvalue weighted by Crippen LogP contribution is -2.33. The number of amides is 2. The normalized spacial score (nSPS) is 16.9. The molecular weight excluding hydrogens is 336 g/mol. The molecule has 1 N–H and O–H groups in total. The first-order valence-electron chi connectivity index (χ1n) is 8.51. The molecule has 5 heteroatoms. The summed E-state index contributed by atoms with van der Waals surface area (Å²) in [6, 6.07) is 17.4. The van der Waals surface area contributed by atoms with Gasteiger partial charge in [0.15, 0.2) is 0 Å². The molecule has 0 spiro atoms. The summed E-state index contributed by atoms with van der Waals surface area (Å²) in [5.41, 5.74) is 2.01. The van der Waals surface area contributed by atoms with Crippen LogP contribution in [0.5, 0.6) is 0 Å². The van der Waals surface area contributed by atoms with Crippen LogP contribution in [0, 0.1) is 5.92 Å². The zero-order valence-electron chi connectivity index (χ0n) is 14.0. The first-order valence-corrected chi connectivity index (χ1v) is 8.89. The van der Waals surface area contributed by atoms with E-state index in [-0.39, 0.29) is 24.2 Å². The molecule has 1 fully saturated rings. The van der Waals surface area contributed by atoms with Crippen molar-refractivity contribution < 1.29 is 9.59 Å².